The number of carbonyl (C=O) groups is 3. The van der Waals surface area contributed by atoms with Crippen molar-refractivity contribution in [3.05, 3.63) is 105 Å². The Balaban J connectivity index is 1.14. The van der Waals surface area contributed by atoms with Crippen LogP contribution in [0.15, 0.2) is 72.8 Å². The van der Waals surface area contributed by atoms with Crippen molar-refractivity contribution in [3.63, 3.8) is 0 Å². The minimum Gasteiger partial charge on any atom is -0.326 e. The van der Waals surface area contributed by atoms with Gasteiger partial charge in [-0.15, -0.1) is 23.2 Å². The Labute approximate surface area is 240 Å². The van der Waals surface area contributed by atoms with Gasteiger partial charge in [-0.05, 0) is 41.2 Å². The van der Waals surface area contributed by atoms with Gasteiger partial charge >= 0.3 is 0 Å². The summed E-state index contributed by atoms with van der Waals surface area (Å²) in [6, 6.07) is 20.8. The maximum atomic E-state index is 13.8. The minimum atomic E-state index is -1.19. The molecule has 1 fully saturated rings. The van der Waals surface area contributed by atoms with Crippen molar-refractivity contribution in [1.29, 1.82) is 0 Å². The lowest BCUT2D eigenvalue weighted by Gasteiger charge is -2.54. The number of unbranched alkanes of at least 4 members (excludes halogenated alkanes) is 2. The topological polar surface area (TPSA) is 110 Å². The molecule has 3 aromatic carbocycles. The molecule has 0 radical (unpaired) electrons. The number of anilines is 1. The Morgan fingerprint density at radius 3 is 1.85 bits per heavy atom. The molecule has 10 heteroatoms. The predicted octanol–water partition coefficient (Wildman–Crippen LogP) is 5.69. The van der Waals surface area contributed by atoms with Crippen LogP contribution in [0.3, 0.4) is 0 Å². The first-order valence-electron chi connectivity index (χ1n) is 13.2. The summed E-state index contributed by atoms with van der Waals surface area (Å²) in [6.07, 6.45) is 1.86. The lowest BCUT2D eigenvalue weighted by atomic mass is 9.54. The van der Waals surface area contributed by atoms with Gasteiger partial charge < -0.3 is 5.32 Å². The largest absolute Gasteiger partial charge is 0.326 e. The van der Waals surface area contributed by atoms with E-state index in [9.17, 15) is 24.5 Å². The monoisotopic (exact) mass is 577 g/mol. The number of hydrogen-bond acceptors (Lipinski definition) is 5. The molecule has 0 unspecified atom stereocenters. The van der Waals surface area contributed by atoms with Gasteiger partial charge in [-0.1, -0.05) is 61.0 Å². The van der Waals surface area contributed by atoms with E-state index < -0.39 is 26.5 Å². The lowest BCUT2D eigenvalue weighted by molar-refractivity contribution is -0.384. The molecule has 3 aromatic rings. The molecule has 0 aromatic heterocycles. The summed E-state index contributed by atoms with van der Waals surface area (Å²) in [4.78, 5) is 49.3. The van der Waals surface area contributed by atoms with Crippen molar-refractivity contribution in [2.45, 2.75) is 35.4 Å². The number of nitrogens with zero attached hydrogens (tertiary/aromatic N) is 2. The van der Waals surface area contributed by atoms with E-state index in [1.165, 1.54) is 23.1 Å². The van der Waals surface area contributed by atoms with Gasteiger partial charge in [0, 0.05) is 30.8 Å². The molecule has 3 aliphatic carbocycles. The highest BCUT2D eigenvalue weighted by Gasteiger charge is 2.72. The Bertz CT molecular complexity index is 1450. The van der Waals surface area contributed by atoms with Crippen LogP contribution in [-0.2, 0) is 24.1 Å². The number of alkyl halides is 2. The maximum absolute atomic E-state index is 13.8. The van der Waals surface area contributed by atoms with Crippen LogP contribution >= 0.6 is 23.2 Å². The number of nitrogens with one attached hydrogen (secondary N) is 1. The van der Waals surface area contributed by atoms with Gasteiger partial charge in [-0.25, -0.2) is 0 Å². The molecule has 4 aliphatic rings. The molecule has 0 saturated carbocycles. The minimum absolute atomic E-state index is 0.101. The number of imide groups is 1. The third-order valence-electron chi connectivity index (χ3n) is 8.30. The predicted molar refractivity (Wildman–Crippen MR) is 150 cm³/mol. The Hall–Kier alpha value is -3.75. The number of amides is 3. The van der Waals surface area contributed by atoms with Crippen molar-refractivity contribution in [2.24, 2.45) is 11.8 Å². The summed E-state index contributed by atoms with van der Waals surface area (Å²) in [7, 11) is 0. The molecule has 1 heterocycles. The molecule has 1 N–H and O–H groups in total. The van der Waals surface area contributed by atoms with E-state index in [1.807, 2.05) is 48.5 Å². The number of rotatable bonds is 8. The highest BCUT2D eigenvalue weighted by Crippen LogP contribution is 2.69. The van der Waals surface area contributed by atoms with Crippen LogP contribution in [0.25, 0.3) is 0 Å². The molecule has 2 bridgehead atoms. The van der Waals surface area contributed by atoms with Gasteiger partial charge in [0.2, 0.25) is 17.7 Å². The standard InChI is InChI=1S/C30H25Cl2N3O5/c31-29-20-11-3-4-12-21(20)30(32,23-14-6-5-13-22(23)29)26-25(29)27(37)34(28(26)38)16-7-1-2-15-24(36)33-18-9-8-10-19(17-18)35(39)40/h3-6,8-14,17,25-26H,1-2,7,15-16H2,(H,33,36)/t25-,26-,29?,30?/m1/s1. The van der Waals surface area contributed by atoms with Gasteiger partial charge in [-0.3, -0.25) is 29.4 Å². The number of halogens is 2. The van der Waals surface area contributed by atoms with Crippen molar-refractivity contribution in [1.82, 2.24) is 4.90 Å². The van der Waals surface area contributed by atoms with Gasteiger partial charge in [-0.2, -0.15) is 0 Å². The average Bonchev–Trinajstić information content (AvgIpc) is 3.22. The van der Waals surface area contributed by atoms with Gasteiger partial charge in [0.25, 0.3) is 5.69 Å². The van der Waals surface area contributed by atoms with Crippen molar-refractivity contribution >= 4 is 52.3 Å². The summed E-state index contributed by atoms with van der Waals surface area (Å²) in [5, 5.41) is 13.6. The SMILES string of the molecule is O=C(CCCCCN1C(=O)[C@H]2[C@H](C1=O)C1(Cl)c3ccccc3C2(Cl)c2ccccc21)Nc1cccc([N+](=O)[O-])c1. The number of likely N-dealkylation sites (tertiary alicyclic amines) is 1. The van der Waals surface area contributed by atoms with Gasteiger partial charge in [0.05, 0.1) is 16.8 Å². The summed E-state index contributed by atoms with van der Waals surface area (Å²) in [6.45, 7) is 0.212. The molecule has 1 saturated heterocycles. The number of nitro groups is 1. The lowest BCUT2D eigenvalue weighted by Crippen LogP contribution is -2.57. The van der Waals surface area contributed by atoms with Crippen LogP contribution in [0, 0.1) is 22.0 Å². The third kappa shape index (κ3) is 3.77. The zero-order valence-corrected chi connectivity index (χ0v) is 22.8. The van der Waals surface area contributed by atoms with Gasteiger partial charge in [0.15, 0.2) is 0 Å². The normalized spacial score (nSPS) is 25.8. The number of non-ortho nitro benzene ring substituents is 1. The first-order valence-corrected chi connectivity index (χ1v) is 13.9. The van der Waals surface area contributed by atoms with Crippen LogP contribution in [0.1, 0.15) is 47.9 Å². The number of nitro benzene ring substituents is 1. The molecular weight excluding hydrogens is 553 g/mol. The average molecular weight is 578 g/mol. The van der Waals surface area contributed by atoms with E-state index in [4.69, 9.17) is 23.2 Å². The second kappa shape index (κ2) is 9.71. The molecular formula is C30H25Cl2N3O5. The fourth-order valence-corrected chi connectivity index (χ4v) is 7.70. The Kier molecular flexibility index (Phi) is 6.43. The van der Waals surface area contributed by atoms with Crippen LogP contribution in [-0.4, -0.2) is 34.1 Å². The van der Waals surface area contributed by atoms with E-state index in [2.05, 4.69) is 5.32 Å². The van der Waals surface area contributed by atoms with Gasteiger partial charge in [0.1, 0.15) is 9.75 Å². The third-order valence-corrected chi connectivity index (χ3v) is 9.59. The zero-order valence-electron chi connectivity index (χ0n) is 21.3. The Morgan fingerprint density at radius 1 is 0.825 bits per heavy atom. The molecule has 8 nitrogen and oxygen atoms in total. The second-order valence-electron chi connectivity index (χ2n) is 10.5. The van der Waals surface area contributed by atoms with E-state index in [0.717, 1.165) is 22.3 Å². The fourth-order valence-electron chi connectivity index (χ4n) is 6.60. The van der Waals surface area contributed by atoms with Crippen LogP contribution < -0.4 is 5.32 Å². The van der Waals surface area contributed by atoms with Crippen LogP contribution in [0.5, 0.6) is 0 Å². The van der Waals surface area contributed by atoms with E-state index in [0.29, 0.717) is 24.9 Å². The van der Waals surface area contributed by atoms with Crippen molar-refractivity contribution < 1.29 is 19.3 Å². The molecule has 1 aliphatic heterocycles. The first kappa shape index (κ1) is 26.5. The number of carbonyl (C=O) groups excluding carboxylic acids is 3. The summed E-state index contributed by atoms with van der Waals surface area (Å²) in [5.74, 6) is -2.53. The molecule has 40 heavy (non-hydrogen) atoms. The summed E-state index contributed by atoms with van der Waals surface area (Å²) < 4.78 is 0. The summed E-state index contributed by atoms with van der Waals surface area (Å²) in [5.41, 5.74) is 3.33. The molecule has 0 spiro atoms. The highest BCUT2D eigenvalue weighted by atomic mass is 35.5. The summed E-state index contributed by atoms with van der Waals surface area (Å²) >= 11 is 14.8. The molecule has 2 atom stereocenters. The van der Waals surface area contributed by atoms with E-state index in [-0.39, 0.29) is 36.4 Å². The number of benzene rings is 3. The van der Waals surface area contributed by atoms with E-state index >= 15 is 0 Å². The number of hydrogen-bond donors (Lipinski definition) is 1. The smallest absolute Gasteiger partial charge is 0.271 e. The Morgan fingerprint density at radius 2 is 1.35 bits per heavy atom. The fraction of sp³-hybridized carbons (Fsp3) is 0.300. The molecule has 3 amide bonds. The van der Waals surface area contributed by atoms with Crippen molar-refractivity contribution in [2.75, 3.05) is 11.9 Å². The van der Waals surface area contributed by atoms with Crippen LogP contribution in [0.4, 0.5) is 11.4 Å². The van der Waals surface area contributed by atoms with Crippen molar-refractivity contribution in [3.8, 4) is 0 Å². The first-order chi connectivity index (χ1) is 19.2. The highest BCUT2D eigenvalue weighted by molar-refractivity contribution is 6.36. The maximum Gasteiger partial charge on any atom is 0.271 e. The van der Waals surface area contributed by atoms with E-state index in [1.54, 1.807) is 6.07 Å². The quantitative estimate of drug-likeness (QED) is 0.122. The van der Waals surface area contributed by atoms with Crippen LogP contribution in [0.2, 0.25) is 0 Å². The molecule has 204 valence electrons. The second-order valence-corrected chi connectivity index (χ2v) is 11.7. The molecule has 7 rings (SSSR count). The zero-order chi connectivity index (χ0) is 28.2.